The predicted molar refractivity (Wildman–Crippen MR) is 48.4 cm³/mol. The van der Waals surface area contributed by atoms with Gasteiger partial charge in [0.15, 0.2) is 0 Å². The first-order valence-electron chi connectivity index (χ1n) is 3.55. The van der Waals surface area contributed by atoms with Crippen LogP contribution in [0.15, 0.2) is 12.2 Å². The van der Waals surface area contributed by atoms with Crippen molar-refractivity contribution < 1.29 is 19.8 Å². The third kappa shape index (κ3) is 59.9. The molecule has 0 aromatic rings. The minimum absolute atomic E-state index is 0. The van der Waals surface area contributed by atoms with Gasteiger partial charge in [-0.2, -0.15) is 0 Å². The van der Waals surface area contributed by atoms with E-state index >= 15 is 0 Å². The van der Waals surface area contributed by atoms with E-state index in [1.165, 1.54) is 0 Å². The van der Waals surface area contributed by atoms with Crippen LogP contribution in [0, 0.1) is 0 Å². The number of rotatable bonds is 2. The summed E-state index contributed by atoms with van der Waals surface area (Å²) in [7, 11) is 0. The minimum atomic E-state index is -1.26. The van der Waals surface area contributed by atoms with Crippen molar-refractivity contribution in [2.45, 2.75) is 26.3 Å². The van der Waals surface area contributed by atoms with Crippen LogP contribution in [-0.2, 0) is 9.59 Å². The van der Waals surface area contributed by atoms with Crippen molar-refractivity contribution in [1.82, 2.24) is 0 Å². The molecular formula is C8H15NO4. The van der Waals surface area contributed by atoms with Crippen LogP contribution in [0.25, 0.3) is 0 Å². The van der Waals surface area contributed by atoms with E-state index in [4.69, 9.17) is 15.9 Å². The molecule has 0 spiro atoms. The van der Waals surface area contributed by atoms with Crippen molar-refractivity contribution in [3.63, 3.8) is 0 Å². The van der Waals surface area contributed by atoms with Crippen molar-refractivity contribution in [1.29, 1.82) is 0 Å². The molecule has 0 aromatic carbocycles. The Labute approximate surface area is 76.9 Å². The fourth-order valence-corrected chi connectivity index (χ4v) is 0.143. The zero-order valence-corrected chi connectivity index (χ0v) is 7.94. The van der Waals surface area contributed by atoms with Crippen LogP contribution in [0.1, 0.15) is 20.8 Å². The second-order valence-corrected chi connectivity index (χ2v) is 3.38. The second kappa shape index (κ2) is 6.19. The Morgan fingerprint density at radius 2 is 1.23 bits per heavy atom. The molecule has 0 saturated carbocycles. The third-order valence-corrected chi connectivity index (χ3v) is 0.368. The zero-order valence-electron chi connectivity index (χ0n) is 7.94. The number of carbonyl (C=O) groups is 2. The summed E-state index contributed by atoms with van der Waals surface area (Å²) in [4.78, 5) is 19.1. The maximum atomic E-state index is 9.55. The molecule has 0 aliphatic heterocycles. The summed E-state index contributed by atoms with van der Waals surface area (Å²) in [6.45, 7) is 5.90. The number of hydrogen-bond acceptors (Lipinski definition) is 3. The van der Waals surface area contributed by atoms with Gasteiger partial charge in [0.25, 0.3) is 0 Å². The maximum absolute atomic E-state index is 9.55. The van der Waals surface area contributed by atoms with E-state index < -0.39 is 11.9 Å². The Bertz CT molecular complexity index is 181. The molecule has 0 aromatic heterocycles. The summed E-state index contributed by atoms with van der Waals surface area (Å²) in [6.07, 6.45) is 1.12. The lowest BCUT2D eigenvalue weighted by Gasteiger charge is -2.06. The molecule has 5 nitrogen and oxygen atoms in total. The Morgan fingerprint density at radius 1 is 1.08 bits per heavy atom. The average molecular weight is 189 g/mol. The van der Waals surface area contributed by atoms with Crippen LogP contribution in [-0.4, -0.2) is 27.7 Å². The van der Waals surface area contributed by atoms with Gasteiger partial charge < -0.3 is 15.9 Å². The van der Waals surface area contributed by atoms with Crippen molar-refractivity contribution in [3.8, 4) is 0 Å². The van der Waals surface area contributed by atoms with Gasteiger partial charge in [-0.15, -0.1) is 0 Å². The van der Waals surface area contributed by atoms with Gasteiger partial charge in [0.1, 0.15) is 0 Å². The van der Waals surface area contributed by atoms with Crippen LogP contribution in [0.3, 0.4) is 0 Å². The van der Waals surface area contributed by atoms with Gasteiger partial charge in [-0.05, 0) is 20.8 Å². The van der Waals surface area contributed by atoms with Crippen molar-refractivity contribution in [2.24, 2.45) is 5.73 Å². The summed E-state index contributed by atoms with van der Waals surface area (Å²) in [5.41, 5.74) is 5.35. The number of aliphatic carboxylic acids is 2. The minimum Gasteiger partial charge on any atom is -0.478 e. The molecular weight excluding hydrogens is 174 g/mol. The number of nitrogens with two attached hydrogens (primary N) is 1. The van der Waals surface area contributed by atoms with Gasteiger partial charge >= 0.3 is 11.9 Å². The lowest BCUT2D eigenvalue weighted by atomic mass is 10.1. The highest BCUT2D eigenvalue weighted by Crippen LogP contribution is 1.88. The van der Waals surface area contributed by atoms with Crippen LogP contribution >= 0.6 is 0 Å². The molecule has 0 radical (unpaired) electrons. The fourth-order valence-electron chi connectivity index (χ4n) is 0.143. The standard InChI is InChI=1S/C4H11N.C4H4O4/c1-4(2,3)5;5-3(6)1-2-4(7)8/h5H2,1-3H3;1-2H,(H,5,6)(H,7,8)/b;2-1+. The summed E-state index contributed by atoms with van der Waals surface area (Å²) in [5.74, 6) is -2.51. The number of hydrogen-bond donors (Lipinski definition) is 3. The Morgan fingerprint density at radius 3 is 1.31 bits per heavy atom. The Hall–Kier alpha value is -1.36. The molecule has 4 N–H and O–H groups in total. The highest BCUT2D eigenvalue weighted by atomic mass is 16.4. The molecule has 0 fully saturated rings. The summed E-state index contributed by atoms with van der Waals surface area (Å²) < 4.78 is 0. The van der Waals surface area contributed by atoms with E-state index in [1.54, 1.807) is 0 Å². The first-order chi connectivity index (χ1) is 5.63. The van der Waals surface area contributed by atoms with Crippen molar-refractivity contribution in [2.75, 3.05) is 0 Å². The molecule has 0 aliphatic carbocycles. The molecule has 0 amide bonds. The van der Waals surface area contributed by atoms with Gasteiger partial charge in [0.2, 0.25) is 0 Å². The summed E-state index contributed by atoms with van der Waals surface area (Å²) >= 11 is 0. The maximum Gasteiger partial charge on any atom is 0.328 e. The van der Waals surface area contributed by atoms with Gasteiger partial charge in [0, 0.05) is 17.7 Å². The fraction of sp³-hybridized carbons (Fsp3) is 0.500. The molecule has 0 aliphatic rings. The molecule has 0 rings (SSSR count). The Kier molecular flexibility index (Phi) is 6.75. The summed E-state index contributed by atoms with van der Waals surface area (Å²) in [5, 5.41) is 15.6. The Balaban J connectivity index is 0. The first kappa shape index (κ1) is 14.2. The number of carboxylic acid groups (broad SMARTS) is 2. The molecule has 0 unspecified atom stereocenters. The highest BCUT2D eigenvalue weighted by molar-refractivity contribution is 5.89. The van der Waals surface area contributed by atoms with E-state index in [1.807, 2.05) is 20.8 Å². The topological polar surface area (TPSA) is 101 Å². The van der Waals surface area contributed by atoms with Crippen molar-refractivity contribution >= 4 is 11.9 Å². The summed E-state index contributed by atoms with van der Waals surface area (Å²) in [6, 6.07) is 0. The van der Waals surface area contributed by atoms with E-state index in [0.29, 0.717) is 12.2 Å². The normalized spacial score (nSPS) is 10.5. The average Bonchev–Trinajstić information content (AvgIpc) is 1.79. The molecule has 76 valence electrons. The molecule has 13 heavy (non-hydrogen) atoms. The molecule has 0 heterocycles. The predicted octanol–water partition coefficient (Wildman–Crippen LogP) is 0.455. The lowest BCUT2D eigenvalue weighted by molar-refractivity contribution is -0.134. The third-order valence-electron chi connectivity index (χ3n) is 0.368. The monoisotopic (exact) mass is 189 g/mol. The van der Waals surface area contributed by atoms with Gasteiger partial charge in [-0.3, -0.25) is 0 Å². The molecule has 0 bridgehead atoms. The smallest absolute Gasteiger partial charge is 0.328 e. The van der Waals surface area contributed by atoms with E-state index in [9.17, 15) is 9.59 Å². The van der Waals surface area contributed by atoms with Gasteiger partial charge in [0.05, 0.1) is 0 Å². The number of carboxylic acids is 2. The SMILES string of the molecule is CC(C)(C)N.O=C(O)/C=C/C(=O)O. The highest BCUT2D eigenvalue weighted by Gasteiger charge is 1.95. The van der Waals surface area contributed by atoms with E-state index in [0.717, 1.165) is 0 Å². The van der Waals surface area contributed by atoms with Crippen LogP contribution < -0.4 is 5.73 Å². The van der Waals surface area contributed by atoms with Crippen LogP contribution in [0.4, 0.5) is 0 Å². The zero-order chi connectivity index (χ0) is 11.1. The van der Waals surface area contributed by atoms with Gasteiger partial charge in [-0.25, -0.2) is 9.59 Å². The van der Waals surface area contributed by atoms with Crippen molar-refractivity contribution in [3.05, 3.63) is 12.2 Å². The van der Waals surface area contributed by atoms with E-state index in [-0.39, 0.29) is 5.54 Å². The van der Waals surface area contributed by atoms with E-state index in [2.05, 4.69) is 0 Å². The van der Waals surface area contributed by atoms with Gasteiger partial charge in [-0.1, -0.05) is 0 Å². The van der Waals surface area contributed by atoms with Crippen LogP contribution in [0.2, 0.25) is 0 Å². The quantitative estimate of drug-likeness (QED) is 0.548. The molecule has 5 heteroatoms. The molecule has 0 saturated heterocycles. The lowest BCUT2D eigenvalue weighted by Crippen LogP contribution is -2.26. The van der Waals surface area contributed by atoms with Crippen LogP contribution in [0.5, 0.6) is 0 Å². The first-order valence-corrected chi connectivity index (χ1v) is 3.55. The molecule has 0 atom stereocenters. The largest absolute Gasteiger partial charge is 0.478 e. The second-order valence-electron chi connectivity index (χ2n) is 3.38.